The zero-order chi connectivity index (χ0) is 32.7. The first kappa shape index (κ1) is 33.4. The van der Waals surface area contributed by atoms with Crippen molar-refractivity contribution in [3.63, 3.8) is 0 Å². The maximum absolute atomic E-state index is 14.6. The van der Waals surface area contributed by atoms with Crippen molar-refractivity contribution < 1.29 is 9.22 Å². The van der Waals surface area contributed by atoms with E-state index in [0.717, 1.165) is 27.7 Å². The molecular weight excluding hydrogens is 583 g/mol. The molecule has 0 saturated carbocycles. The number of H-pyrrole nitrogens is 1. The summed E-state index contributed by atoms with van der Waals surface area (Å²) in [7, 11) is -2.21. The number of carbonyl (C=O) groups excluding carboxylic acids is 1. The fourth-order valence-corrected chi connectivity index (χ4v) is 7.22. The molecule has 0 radical (unpaired) electrons. The molecule has 0 aliphatic heterocycles. The van der Waals surface area contributed by atoms with Crippen LogP contribution in [0.5, 0.6) is 0 Å². The maximum Gasteiger partial charge on any atom is 0.224 e. The number of para-hydroxylation sites is 1. The van der Waals surface area contributed by atoms with E-state index < -0.39 is 8.32 Å². The summed E-state index contributed by atoms with van der Waals surface area (Å²) in [4.78, 5) is 18.2. The summed E-state index contributed by atoms with van der Waals surface area (Å²) in [5.74, 6) is -0.360. The normalized spacial score (nSPS) is 14.8. The van der Waals surface area contributed by atoms with E-state index in [1.807, 2.05) is 66.7 Å². The maximum atomic E-state index is 14.6. The van der Waals surface area contributed by atoms with Crippen LogP contribution < -0.4 is 11.1 Å². The SMILES string of the molecule is CC(C)(C)[Si](C)(C)O[C@@H](C[C@@H](Cc1ccccc1)C(=O)NC(c1ccccc1)c1cc2ccccc2[nH]1)[C@@H](N)Cc1ccccc1. The second-order valence-corrected chi connectivity index (χ2v) is 18.8. The number of aromatic amines is 1. The van der Waals surface area contributed by atoms with Crippen molar-refractivity contribution in [3.8, 4) is 0 Å². The molecule has 0 aliphatic rings. The van der Waals surface area contributed by atoms with Gasteiger partial charge in [-0.3, -0.25) is 4.79 Å². The van der Waals surface area contributed by atoms with Crippen LogP contribution in [0.1, 0.15) is 55.6 Å². The van der Waals surface area contributed by atoms with Crippen molar-refractivity contribution >= 4 is 25.1 Å². The average molecular weight is 632 g/mol. The Morgan fingerprint density at radius 3 is 1.93 bits per heavy atom. The second kappa shape index (κ2) is 14.6. The lowest BCUT2D eigenvalue weighted by molar-refractivity contribution is -0.126. The minimum absolute atomic E-state index is 0.00291. The van der Waals surface area contributed by atoms with Gasteiger partial charge in [-0.15, -0.1) is 0 Å². The highest BCUT2D eigenvalue weighted by Gasteiger charge is 2.41. The largest absolute Gasteiger partial charge is 0.412 e. The van der Waals surface area contributed by atoms with Gasteiger partial charge < -0.3 is 20.5 Å². The van der Waals surface area contributed by atoms with E-state index in [1.165, 1.54) is 5.56 Å². The first-order chi connectivity index (χ1) is 22.0. The highest BCUT2D eigenvalue weighted by atomic mass is 28.4. The number of aromatic nitrogens is 1. The molecule has 0 fully saturated rings. The average Bonchev–Trinajstić information content (AvgIpc) is 3.47. The molecule has 1 amide bonds. The van der Waals surface area contributed by atoms with Gasteiger partial charge >= 0.3 is 0 Å². The van der Waals surface area contributed by atoms with Crippen molar-refractivity contribution in [2.75, 3.05) is 0 Å². The Balaban J connectivity index is 1.49. The van der Waals surface area contributed by atoms with E-state index in [2.05, 4.69) is 98.8 Å². The molecule has 240 valence electrons. The summed E-state index contributed by atoms with van der Waals surface area (Å²) < 4.78 is 7.10. The first-order valence-electron chi connectivity index (χ1n) is 16.4. The monoisotopic (exact) mass is 631 g/mol. The van der Waals surface area contributed by atoms with Gasteiger partial charge in [-0.25, -0.2) is 0 Å². The van der Waals surface area contributed by atoms with Gasteiger partial charge in [0.15, 0.2) is 8.32 Å². The van der Waals surface area contributed by atoms with Crippen LogP contribution in [0.2, 0.25) is 18.1 Å². The number of hydrogen-bond donors (Lipinski definition) is 3. The van der Waals surface area contributed by atoms with Crippen molar-refractivity contribution in [2.24, 2.45) is 11.7 Å². The summed E-state index contributed by atoms with van der Waals surface area (Å²) in [6.45, 7) is 11.3. The van der Waals surface area contributed by atoms with Crippen LogP contribution in [0.25, 0.3) is 10.9 Å². The predicted octanol–water partition coefficient (Wildman–Crippen LogP) is 8.58. The van der Waals surface area contributed by atoms with Gasteiger partial charge in [0.25, 0.3) is 0 Å². The minimum atomic E-state index is -2.21. The number of amides is 1. The molecule has 1 unspecified atom stereocenters. The number of hydrogen-bond acceptors (Lipinski definition) is 3. The van der Waals surface area contributed by atoms with E-state index in [0.29, 0.717) is 19.3 Å². The molecule has 5 rings (SSSR count). The van der Waals surface area contributed by atoms with E-state index in [1.54, 1.807) is 0 Å². The molecular formula is C40H49N3O2Si. The van der Waals surface area contributed by atoms with Crippen molar-refractivity contribution in [2.45, 2.75) is 76.4 Å². The van der Waals surface area contributed by atoms with Crippen LogP contribution in [0, 0.1) is 5.92 Å². The fraction of sp³-hybridized carbons (Fsp3) is 0.325. The third-order valence-corrected chi connectivity index (χ3v) is 14.0. The van der Waals surface area contributed by atoms with Crippen molar-refractivity contribution in [3.05, 3.63) is 144 Å². The lowest BCUT2D eigenvalue weighted by atomic mass is 9.88. The first-order valence-corrected chi connectivity index (χ1v) is 19.4. The topological polar surface area (TPSA) is 80.1 Å². The number of rotatable bonds is 13. The van der Waals surface area contributed by atoms with E-state index in [-0.39, 0.29) is 35.1 Å². The van der Waals surface area contributed by atoms with Crippen LogP contribution in [0.15, 0.2) is 121 Å². The molecule has 4 N–H and O–H groups in total. The molecule has 1 aromatic heterocycles. The Morgan fingerprint density at radius 1 is 0.804 bits per heavy atom. The van der Waals surface area contributed by atoms with Gasteiger partial charge in [-0.2, -0.15) is 0 Å². The Morgan fingerprint density at radius 2 is 1.35 bits per heavy atom. The van der Waals surface area contributed by atoms with Crippen molar-refractivity contribution in [1.82, 2.24) is 10.3 Å². The Labute approximate surface area is 275 Å². The summed E-state index contributed by atoms with van der Waals surface area (Å²) in [6, 6.07) is 40.6. The highest BCUT2D eigenvalue weighted by molar-refractivity contribution is 6.74. The number of fused-ring (bicyclic) bond motifs is 1. The van der Waals surface area contributed by atoms with Gasteiger partial charge in [0, 0.05) is 23.2 Å². The van der Waals surface area contributed by atoms with Crippen LogP contribution in [-0.2, 0) is 22.1 Å². The minimum Gasteiger partial charge on any atom is -0.412 e. The smallest absolute Gasteiger partial charge is 0.224 e. The van der Waals surface area contributed by atoms with Crippen LogP contribution in [0.3, 0.4) is 0 Å². The summed E-state index contributed by atoms with van der Waals surface area (Å²) in [5.41, 5.74) is 12.3. The van der Waals surface area contributed by atoms with Crippen molar-refractivity contribution in [1.29, 1.82) is 0 Å². The zero-order valence-corrected chi connectivity index (χ0v) is 28.9. The number of benzene rings is 4. The molecule has 5 aromatic rings. The second-order valence-electron chi connectivity index (χ2n) is 14.1. The Kier molecular flexibility index (Phi) is 10.6. The van der Waals surface area contributed by atoms with E-state index >= 15 is 0 Å². The number of nitrogens with one attached hydrogen (secondary N) is 2. The molecule has 0 bridgehead atoms. The summed E-state index contributed by atoms with van der Waals surface area (Å²) >= 11 is 0. The van der Waals surface area contributed by atoms with Crippen LogP contribution in [0.4, 0.5) is 0 Å². The number of nitrogens with two attached hydrogens (primary N) is 1. The third-order valence-electron chi connectivity index (χ3n) is 9.54. The van der Waals surface area contributed by atoms with Crippen LogP contribution in [-0.4, -0.2) is 31.4 Å². The molecule has 1 heterocycles. The van der Waals surface area contributed by atoms with E-state index in [9.17, 15) is 4.79 Å². The highest BCUT2D eigenvalue weighted by Crippen LogP contribution is 2.39. The standard InChI is InChI=1S/C40H49N3O2Si/c1-40(2,3)46(4,5)45-37(34(41)26-30-19-11-7-12-20-30)28-33(25-29-17-9-6-10-18-29)39(44)43-38(31-21-13-8-14-22-31)36-27-32-23-15-16-24-35(32)42-36/h6-24,27,33-34,37-38,42H,25-26,28,41H2,1-5H3,(H,43,44)/t33-,34+,37+,38?/m1/s1. The molecule has 0 spiro atoms. The molecule has 0 saturated heterocycles. The van der Waals surface area contributed by atoms with Gasteiger partial charge in [-0.05, 0) is 71.6 Å². The fourth-order valence-electron chi connectivity index (χ4n) is 5.84. The third kappa shape index (κ3) is 8.43. The predicted molar refractivity (Wildman–Crippen MR) is 193 cm³/mol. The lowest BCUT2D eigenvalue weighted by Crippen LogP contribution is -2.51. The Bertz CT molecular complexity index is 1650. The van der Waals surface area contributed by atoms with Gasteiger partial charge in [0.05, 0.1) is 12.1 Å². The number of carbonyl (C=O) groups is 1. The van der Waals surface area contributed by atoms with Gasteiger partial charge in [-0.1, -0.05) is 130 Å². The molecule has 4 aromatic carbocycles. The quantitative estimate of drug-likeness (QED) is 0.114. The van der Waals surface area contributed by atoms with Gasteiger partial charge in [0.2, 0.25) is 5.91 Å². The molecule has 6 heteroatoms. The van der Waals surface area contributed by atoms with Gasteiger partial charge in [0.1, 0.15) is 0 Å². The molecule has 4 atom stereocenters. The summed E-state index contributed by atoms with van der Waals surface area (Å²) in [5, 5.41) is 4.58. The van der Waals surface area contributed by atoms with E-state index in [4.69, 9.17) is 10.2 Å². The lowest BCUT2D eigenvalue weighted by Gasteiger charge is -2.41. The van der Waals surface area contributed by atoms with Crippen LogP contribution >= 0.6 is 0 Å². The zero-order valence-electron chi connectivity index (χ0n) is 27.9. The molecule has 46 heavy (non-hydrogen) atoms. The molecule has 5 nitrogen and oxygen atoms in total. The Hall–Kier alpha value is -3.97. The molecule has 0 aliphatic carbocycles. The summed E-state index contributed by atoms with van der Waals surface area (Å²) in [6.07, 6.45) is 1.51.